The number of aliphatic carboxylic acids is 1. The Kier molecular flexibility index (Phi) is 7.69. The Morgan fingerprint density at radius 3 is 2.65 bits per heavy atom. The molecule has 0 saturated carbocycles. The fourth-order valence-corrected chi connectivity index (χ4v) is 1.93. The maximum Gasteiger partial charge on any atom is 0.348 e. The maximum absolute atomic E-state index is 11.5. The van der Waals surface area contributed by atoms with E-state index in [4.69, 9.17) is 13.5 Å². The summed E-state index contributed by atoms with van der Waals surface area (Å²) in [6.45, 7) is 3.43. The van der Waals surface area contributed by atoms with Crippen LogP contribution in [-0.2, 0) is 27.5 Å². The zero-order chi connectivity index (χ0) is 17.2. The molecule has 0 fully saturated rings. The molecule has 1 N–H and O–H groups in total. The molecule has 1 rings (SSSR count). The van der Waals surface area contributed by atoms with E-state index >= 15 is 0 Å². The first-order chi connectivity index (χ1) is 10.9. The molecule has 8 heteroatoms. The number of esters is 1. The fraction of sp³-hybridized carbons (Fsp3) is 0.267. The van der Waals surface area contributed by atoms with Crippen LogP contribution in [0.5, 0.6) is 0 Å². The predicted octanol–water partition coefficient (Wildman–Crippen LogP) is 2.47. The third-order valence-corrected chi connectivity index (χ3v) is 3.21. The fourth-order valence-electron chi connectivity index (χ4n) is 1.49. The molecule has 0 saturated heterocycles. The minimum Gasteiger partial charge on any atom is -0.478 e. The third kappa shape index (κ3) is 7.37. The topological polar surface area (TPSA) is 99.1 Å². The molecule has 0 aromatic carbocycles. The van der Waals surface area contributed by atoms with E-state index in [0.29, 0.717) is 30.9 Å². The Morgan fingerprint density at radius 2 is 2.09 bits per heavy atom. The van der Waals surface area contributed by atoms with Gasteiger partial charge in [-0.05, 0) is 18.1 Å². The van der Waals surface area contributed by atoms with Crippen LogP contribution in [0.25, 0.3) is 0 Å². The highest BCUT2D eigenvalue weighted by molar-refractivity contribution is 7.90. The minimum absolute atomic E-state index is 0.0356. The Labute approximate surface area is 137 Å². The Bertz CT molecular complexity index is 587. The van der Waals surface area contributed by atoms with E-state index in [1.54, 1.807) is 12.2 Å². The minimum atomic E-state index is -1.01. The summed E-state index contributed by atoms with van der Waals surface area (Å²) in [5.41, 5.74) is 0.819. The van der Waals surface area contributed by atoms with E-state index in [2.05, 4.69) is 11.3 Å². The van der Waals surface area contributed by atoms with Crippen LogP contribution < -0.4 is 0 Å². The zero-order valence-electron chi connectivity index (χ0n) is 12.4. The number of carboxylic acid groups (broad SMARTS) is 1. The highest BCUT2D eigenvalue weighted by atomic mass is 32.2. The molecule has 0 heterocycles. The molecule has 124 valence electrons. The second-order valence-corrected chi connectivity index (χ2v) is 4.89. The summed E-state index contributed by atoms with van der Waals surface area (Å²) in [6, 6.07) is 0. The summed E-state index contributed by atoms with van der Waals surface area (Å²) in [6.07, 6.45) is 6.86. The van der Waals surface area contributed by atoms with Crippen LogP contribution >= 0.6 is 12.3 Å². The molecule has 0 aromatic rings. The lowest BCUT2D eigenvalue weighted by atomic mass is 10.0. The van der Waals surface area contributed by atoms with E-state index in [0.717, 1.165) is 11.6 Å². The normalized spacial score (nSPS) is 13.8. The van der Waals surface area contributed by atoms with E-state index < -0.39 is 17.9 Å². The van der Waals surface area contributed by atoms with Gasteiger partial charge in [0, 0.05) is 18.1 Å². The van der Waals surface area contributed by atoms with Crippen molar-refractivity contribution in [3.8, 4) is 0 Å². The van der Waals surface area contributed by atoms with Crippen molar-refractivity contribution in [1.82, 2.24) is 0 Å². The monoisotopic (exact) mass is 340 g/mol. The van der Waals surface area contributed by atoms with Crippen LogP contribution in [0.2, 0.25) is 0 Å². The molecule has 23 heavy (non-hydrogen) atoms. The third-order valence-electron chi connectivity index (χ3n) is 2.71. The van der Waals surface area contributed by atoms with Crippen molar-refractivity contribution in [2.75, 3.05) is 7.11 Å². The molecule has 0 unspecified atom stereocenters. The van der Waals surface area contributed by atoms with Gasteiger partial charge in [0.25, 0.3) is 12.3 Å². The highest BCUT2D eigenvalue weighted by Gasteiger charge is 2.15. The van der Waals surface area contributed by atoms with Crippen molar-refractivity contribution < 1.29 is 32.6 Å². The van der Waals surface area contributed by atoms with Gasteiger partial charge in [0.15, 0.2) is 0 Å². The Balaban J connectivity index is 2.36. The lowest BCUT2D eigenvalue weighted by molar-refractivity contribution is -0.141. The van der Waals surface area contributed by atoms with Gasteiger partial charge in [-0.15, -0.1) is 0 Å². The van der Waals surface area contributed by atoms with E-state index in [1.807, 2.05) is 0 Å². The molecule has 0 aromatic heterocycles. The summed E-state index contributed by atoms with van der Waals surface area (Å²) in [4.78, 5) is 32.9. The number of hydrogen-bond acceptors (Lipinski definition) is 7. The van der Waals surface area contributed by atoms with Crippen molar-refractivity contribution >= 4 is 30.2 Å². The molecule has 1 aliphatic carbocycles. The Morgan fingerprint density at radius 1 is 1.35 bits per heavy atom. The summed E-state index contributed by atoms with van der Waals surface area (Å²) in [5, 5.41) is 8.54. The van der Waals surface area contributed by atoms with Crippen molar-refractivity contribution in [1.29, 1.82) is 0 Å². The second-order valence-electron chi connectivity index (χ2n) is 4.42. The van der Waals surface area contributed by atoms with Gasteiger partial charge in [-0.2, -0.15) is 0 Å². The van der Waals surface area contributed by atoms with Crippen LogP contribution in [0.15, 0.2) is 47.8 Å². The number of carboxylic acids is 1. The largest absolute Gasteiger partial charge is 0.478 e. The molecular formula is C15H16O7S. The number of rotatable bonds is 8. The number of carbonyl (C=O) groups is 3. The van der Waals surface area contributed by atoms with Crippen molar-refractivity contribution in [2.45, 2.75) is 19.3 Å². The number of methoxy groups -OCH3 is 1. The van der Waals surface area contributed by atoms with Crippen LogP contribution in [0.3, 0.4) is 0 Å². The van der Waals surface area contributed by atoms with Gasteiger partial charge in [-0.25, -0.2) is 9.59 Å². The molecule has 0 spiro atoms. The Hall–Kier alpha value is -2.48. The summed E-state index contributed by atoms with van der Waals surface area (Å²) in [5.74, 6) is -1.78. The molecular weight excluding hydrogens is 324 g/mol. The number of hydrogen-bond donors (Lipinski definition) is 1. The quantitative estimate of drug-likeness (QED) is 0.409. The van der Waals surface area contributed by atoms with Gasteiger partial charge in [-0.1, -0.05) is 18.7 Å². The standard InChI is InChI=1S/C15H16O7S/c1-10(9-14(18)20-2)15(19)22-23-21-12-6-3-11(4-7-12)5-8-13(16)17/h3,5-6,8H,1,4,7,9H2,2H3,(H,16,17)/b8-5+. The van der Waals surface area contributed by atoms with Crippen molar-refractivity contribution in [3.05, 3.63) is 47.8 Å². The van der Waals surface area contributed by atoms with Gasteiger partial charge >= 0.3 is 17.9 Å². The first-order valence-electron chi connectivity index (χ1n) is 6.53. The predicted molar refractivity (Wildman–Crippen MR) is 82.7 cm³/mol. The SMILES string of the molecule is C=C(CC(=O)OC)C(=O)OSOC1=CC=C(/C=C/C(=O)O)CC1. The van der Waals surface area contributed by atoms with Gasteiger partial charge in [0.1, 0.15) is 5.76 Å². The number of allylic oxidation sites excluding steroid dienone is 5. The molecule has 0 aliphatic heterocycles. The molecule has 0 amide bonds. The van der Waals surface area contributed by atoms with Gasteiger partial charge in [0.05, 0.1) is 13.5 Å². The van der Waals surface area contributed by atoms with Crippen LogP contribution in [0.4, 0.5) is 0 Å². The maximum atomic E-state index is 11.5. The van der Waals surface area contributed by atoms with Crippen molar-refractivity contribution in [3.63, 3.8) is 0 Å². The van der Waals surface area contributed by atoms with E-state index in [1.165, 1.54) is 13.2 Å². The summed E-state index contributed by atoms with van der Waals surface area (Å²) in [7, 11) is 1.21. The first-order valence-corrected chi connectivity index (χ1v) is 7.20. The second kappa shape index (κ2) is 9.52. The van der Waals surface area contributed by atoms with Crippen LogP contribution in [0, 0.1) is 0 Å². The molecule has 0 atom stereocenters. The average Bonchev–Trinajstić information content (AvgIpc) is 2.53. The molecule has 1 aliphatic rings. The highest BCUT2D eigenvalue weighted by Crippen LogP contribution is 2.24. The van der Waals surface area contributed by atoms with Crippen molar-refractivity contribution in [2.24, 2.45) is 0 Å². The number of carbonyl (C=O) groups excluding carboxylic acids is 2. The average molecular weight is 340 g/mol. The lowest BCUT2D eigenvalue weighted by Crippen LogP contribution is -2.09. The van der Waals surface area contributed by atoms with E-state index in [9.17, 15) is 14.4 Å². The summed E-state index contributed by atoms with van der Waals surface area (Å²) < 4.78 is 14.4. The van der Waals surface area contributed by atoms with Gasteiger partial charge in [0.2, 0.25) is 0 Å². The summed E-state index contributed by atoms with van der Waals surface area (Å²) >= 11 is 0.478. The van der Waals surface area contributed by atoms with Crippen LogP contribution in [0.1, 0.15) is 19.3 Å². The molecule has 0 bridgehead atoms. The number of ether oxygens (including phenoxy) is 1. The smallest absolute Gasteiger partial charge is 0.348 e. The van der Waals surface area contributed by atoms with Gasteiger partial charge in [-0.3, -0.25) is 4.79 Å². The first kappa shape index (κ1) is 18.6. The molecule has 7 nitrogen and oxygen atoms in total. The molecule has 0 radical (unpaired) electrons. The van der Waals surface area contributed by atoms with Crippen LogP contribution in [-0.4, -0.2) is 30.1 Å². The zero-order valence-corrected chi connectivity index (χ0v) is 13.3. The van der Waals surface area contributed by atoms with Gasteiger partial charge < -0.3 is 18.2 Å². The lowest BCUT2D eigenvalue weighted by Gasteiger charge is -2.11. The van der Waals surface area contributed by atoms with E-state index in [-0.39, 0.29) is 12.0 Å².